The van der Waals surface area contributed by atoms with Gasteiger partial charge in [-0.15, -0.1) is 11.3 Å². The fourth-order valence-electron chi connectivity index (χ4n) is 2.70. The van der Waals surface area contributed by atoms with E-state index >= 15 is 0 Å². The molecule has 3 rings (SSSR count). The minimum absolute atomic E-state index is 0.0261. The van der Waals surface area contributed by atoms with E-state index in [2.05, 4.69) is 22.2 Å². The van der Waals surface area contributed by atoms with E-state index in [1.807, 2.05) is 13.8 Å². The molecule has 0 aliphatic rings. The van der Waals surface area contributed by atoms with Gasteiger partial charge in [0.1, 0.15) is 4.83 Å². The van der Waals surface area contributed by atoms with Crippen LogP contribution in [0, 0.1) is 13.8 Å². The van der Waals surface area contributed by atoms with E-state index in [4.69, 9.17) is 4.98 Å². The third-order valence-electron chi connectivity index (χ3n) is 4.44. The van der Waals surface area contributed by atoms with Crippen LogP contribution in [0.15, 0.2) is 28.4 Å². The zero-order chi connectivity index (χ0) is 20.3. The summed E-state index contributed by atoms with van der Waals surface area (Å²) in [6.07, 6.45) is 4.98. The monoisotopic (exact) mass is 417 g/mol. The van der Waals surface area contributed by atoms with Gasteiger partial charge in [0.05, 0.1) is 10.6 Å². The van der Waals surface area contributed by atoms with Gasteiger partial charge in [-0.05, 0) is 38.8 Å². The van der Waals surface area contributed by atoms with Gasteiger partial charge in [0, 0.05) is 23.8 Å². The Hall–Kier alpha value is -2.26. The highest BCUT2D eigenvalue weighted by molar-refractivity contribution is 8.00. The van der Waals surface area contributed by atoms with E-state index in [-0.39, 0.29) is 17.4 Å². The molecule has 0 aliphatic heterocycles. The molecule has 3 aromatic rings. The Morgan fingerprint density at radius 3 is 2.71 bits per heavy atom. The molecule has 0 aliphatic carbocycles. The molecule has 0 saturated carbocycles. The molecule has 148 valence electrons. The lowest BCUT2D eigenvalue weighted by Gasteiger charge is -2.15. The number of unbranched alkanes of at least 4 members (excludes halogenated alkanes) is 1. The number of anilines is 1. The summed E-state index contributed by atoms with van der Waals surface area (Å²) in [5, 5.41) is 3.50. The molecule has 0 saturated heterocycles. The summed E-state index contributed by atoms with van der Waals surface area (Å²) >= 11 is 2.80. The maximum Gasteiger partial charge on any atom is 0.263 e. The van der Waals surface area contributed by atoms with Gasteiger partial charge in [0.2, 0.25) is 11.9 Å². The van der Waals surface area contributed by atoms with Crippen molar-refractivity contribution in [2.24, 2.45) is 0 Å². The van der Waals surface area contributed by atoms with E-state index in [1.54, 1.807) is 30.0 Å². The molecule has 1 unspecified atom stereocenters. The van der Waals surface area contributed by atoms with Crippen LogP contribution < -0.4 is 10.9 Å². The van der Waals surface area contributed by atoms with Gasteiger partial charge in [0.25, 0.3) is 5.56 Å². The highest BCUT2D eigenvalue weighted by Gasteiger charge is 2.21. The van der Waals surface area contributed by atoms with Crippen molar-refractivity contribution in [1.82, 2.24) is 19.5 Å². The molecule has 0 radical (unpaired) electrons. The van der Waals surface area contributed by atoms with Gasteiger partial charge in [-0.2, -0.15) is 0 Å². The molecule has 0 aromatic carbocycles. The van der Waals surface area contributed by atoms with Crippen molar-refractivity contribution in [3.8, 4) is 0 Å². The molecule has 9 heteroatoms. The molecule has 0 spiro atoms. The van der Waals surface area contributed by atoms with Crippen molar-refractivity contribution < 1.29 is 4.79 Å². The smallest absolute Gasteiger partial charge is 0.263 e. The summed E-state index contributed by atoms with van der Waals surface area (Å²) in [4.78, 5) is 40.2. The van der Waals surface area contributed by atoms with E-state index in [0.29, 0.717) is 17.1 Å². The molecule has 28 heavy (non-hydrogen) atoms. The number of hydrogen-bond donors (Lipinski definition) is 1. The van der Waals surface area contributed by atoms with Crippen LogP contribution in [0.5, 0.6) is 0 Å². The number of thioether (sulfide) groups is 1. The molecular weight excluding hydrogens is 394 g/mol. The number of hydrogen-bond acceptors (Lipinski definition) is 7. The average molecular weight is 418 g/mol. The molecule has 1 atom stereocenters. The van der Waals surface area contributed by atoms with Gasteiger partial charge >= 0.3 is 0 Å². The lowest BCUT2D eigenvalue weighted by molar-refractivity contribution is -0.115. The van der Waals surface area contributed by atoms with E-state index < -0.39 is 5.25 Å². The van der Waals surface area contributed by atoms with Crippen LogP contribution in [0.3, 0.4) is 0 Å². The van der Waals surface area contributed by atoms with Crippen molar-refractivity contribution in [2.75, 3.05) is 5.32 Å². The Labute approximate surface area is 171 Å². The topological polar surface area (TPSA) is 89.8 Å². The van der Waals surface area contributed by atoms with Crippen LogP contribution in [-0.4, -0.2) is 30.7 Å². The summed E-state index contributed by atoms with van der Waals surface area (Å²) < 4.78 is 1.71. The number of aromatic nitrogens is 4. The molecule has 7 nitrogen and oxygen atoms in total. The number of amides is 1. The van der Waals surface area contributed by atoms with Gasteiger partial charge in [-0.1, -0.05) is 25.1 Å². The summed E-state index contributed by atoms with van der Waals surface area (Å²) in [6, 6.07) is 1.68. The quantitative estimate of drug-likeness (QED) is 0.465. The predicted molar refractivity (Wildman–Crippen MR) is 114 cm³/mol. The molecule has 0 fully saturated rings. The van der Waals surface area contributed by atoms with E-state index in [0.717, 1.165) is 28.1 Å². The van der Waals surface area contributed by atoms with Gasteiger partial charge in [0.15, 0.2) is 5.16 Å². The standard InChI is InChI=1S/C19H23N5O2S2/c1-5-6-10-24-17(26)14-11(2)12(3)27-16(14)23-19(24)28-13(4)15(25)22-18-20-8-7-9-21-18/h7-9,13H,5-6,10H2,1-4H3,(H,20,21,22,25). The zero-order valence-corrected chi connectivity index (χ0v) is 18.0. The average Bonchev–Trinajstić information content (AvgIpc) is 2.96. The second-order valence-corrected chi connectivity index (χ2v) is 9.00. The van der Waals surface area contributed by atoms with Crippen molar-refractivity contribution in [3.63, 3.8) is 0 Å². The lowest BCUT2D eigenvalue weighted by Crippen LogP contribution is -2.27. The number of fused-ring (bicyclic) bond motifs is 1. The Morgan fingerprint density at radius 2 is 2.04 bits per heavy atom. The predicted octanol–water partition coefficient (Wildman–Crippen LogP) is 3.78. The second-order valence-electron chi connectivity index (χ2n) is 6.49. The zero-order valence-electron chi connectivity index (χ0n) is 16.4. The van der Waals surface area contributed by atoms with Crippen LogP contribution in [0.2, 0.25) is 0 Å². The Morgan fingerprint density at radius 1 is 1.32 bits per heavy atom. The highest BCUT2D eigenvalue weighted by Crippen LogP contribution is 2.30. The Kier molecular flexibility index (Phi) is 6.46. The van der Waals surface area contributed by atoms with Gasteiger partial charge in [-0.25, -0.2) is 15.0 Å². The molecule has 0 bridgehead atoms. The molecule has 3 heterocycles. The van der Waals surface area contributed by atoms with Crippen molar-refractivity contribution >= 4 is 45.2 Å². The first-order valence-corrected chi connectivity index (χ1v) is 10.9. The minimum atomic E-state index is -0.455. The SMILES string of the molecule is CCCCn1c(SC(C)C(=O)Nc2ncccn2)nc2sc(C)c(C)c2c1=O. The summed E-state index contributed by atoms with van der Waals surface area (Å²) in [7, 11) is 0. The van der Waals surface area contributed by atoms with E-state index in [1.165, 1.54) is 23.1 Å². The fourth-order valence-corrected chi connectivity index (χ4v) is 4.70. The normalized spacial score (nSPS) is 12.3. The number of carbonyl (C=O) groups excluding carboxylic acids is 1. The van der Waals surface area contributed by atoms with Crippen molar-refractivity contribution in [1.29, 1.82) is 0 Å². The van der Waals surface area contributed by atoms with Crippen molar-refractivity contribution in [3.05, 3.63) is 39.3 Å². The van der Waals surface area contributed by atoms with Crippen LogP contribution in [0.1, 0.15) is 37.1 Å². The third kappa shape index (κ3) is 4.25. The van der Waals surface area contributed by atoms with Crippen LogP contribution >= 0.6 is 23.1 Å². The highest BCUT2D eigenvalue weighted by atomic mass is 32.2. The number of aryl methyl sites for hydroxylation is 2. The number of rotatable bonds is 7. The lowest BCUT2D eigenvalue weighted by atomic mass is 10.2. The maximum atomic E-state index is 13.1. The minimum Gasteiger partial charge on any atom is -0.294 e. The molecular formula is C19H23N5O2S2. The van der Waals surface area contributed by atoms with Gasteiger partial charge < -0.3 is 0 Å². The first-order valence-electron chi connectivity index (χ1n) is 9.17. The van der Waals surface area contributed by atoms with Gasteiger partial charge in [-0.3, -0.25) is 19.5 Å². The fraction of sp³-hybridized carbons (Fsp3) is 0.421. The number of nitrogens with one attached hydrogen (secondary N) is 1. The first kappa shape index (κ1) is 20.5. The van der Waals surface area contributed by atoms with Crippen LogP contribution in [0.4, 0.5) is 5.95 Å². The maximum absolute atomic E-state index is 13.1. The molecule has 1 amide bonds. The van der Waals surface area contributed by atoms with Crippen LogP contribution in [0.25, 0.3) is 10.2 Å². The first-order chi connectivity index (χ1) is 13.4. The largest absolute Gasteiger partial charge is 0.294 e. The Bertz CT molecular complexity index is 1050. The number of carbonyl (C=O) groups is 1. The van der Waals surface area contributed by atoms with Crippen LogP contribution in [-0.2, 0) is 11.3 Å². The summed E-state index contributed by atoms with van der Waals surface area (Å²) in [5.74, 6) is 0.0300. The third-order valence-corrected chi connectivity index (χ3v) is 6.63. The Balaban J connectivity index is 1.92. The summed E-state index contributed by atoms with van der Waals surface area (Å²) in [6.45, 7) is 8.42. The summed E-state index contributed by atoms with van der Waals surface area (Å²) in [5.41, 5.74) is 0.966. The molecule has 1 N–H and O–H groups in total. The number of nitrogens with zero attached hydrogens (tertiary/aromatic N) is 4. The molecule has 3 aromatic heterocycles. The van der Waals surface area contributed by atoms with E-state index in [9.17, 15) is 9.59 Å². The number of thiophene rings is 1. The second kappa shape index (κ2) is 8.83. The van der Waals surface area contributed by atoms with Crippen molar-refractivity contribution in [2.45, 2.75) is 57.5 Å².